The molecule has 2 rings (SSSR count). The molecule has 0 aliphatic carbocycles. The van der Waals surface area contributed by atoms with Crippen LogP contribution >= 0.6 is 11.6 Å². The van der Waals surface area contributed by atoms with Gasteiger partial charge in [-0.25, -0.2) is 9.59 Å². The van der Waals surface area contributed by atoms with Crippen LogP contribution in [0, 0.1) is 0 Å². The van der Waals surface area contributed by atoms with Crippen molar-refractivity contribution in [2.24, 2.45) is 0 Å². The number of carbonyl (C=O) groups excluding carboxylic acids is 3. The van der Waals surface area contributed by atoms with Gasteiger partial charge in [0.15, 0.2) is 17.2 Å². The fourth-order valence-electron chi connectivity index (χ4n) is 2.14. The number of H-pyrrole nitrogens is 1. The molecule has 8 nitrogen and oxygen atoms in total. The number of halogens is 1. The first-order valence-electron chi connectivity index (χ1n) is 7.43. The Morgan fingerprint density at radius 1 is 1.16 bits per heavy atom. The van der Waals surface area contributed by atoms with E-state index in [-0.39, 0.29) is 41.4 Å². The average Bonchev–Trinajstić information content (AvgIpc) is 3.00. The smallest absolute Gasteiger partial charge is 0.359 e. The highest BCUT2D eigenvalue weighted by molar-refractivity contribution is 6.31. The Hall–Kier alpha value is -2.87. The van der Waals surface area contributed by atoms with E-state index in [0.29, 0.717) is 5.02 Å². The number of esters is 2. The van der Waals surface area contributed by atoms with Crippen molar-refractivity contribution in [2.45, 2.75) is 13.8 Å². The normalized spacial score (nSPS) is 10.4. The number of rotatable bonds is 6. The fraction of sp³-hybridized carbons (Fsp3) is 0.250. The standard InChI is InChI=1S/C16H16ClN3O5/c1-3-24-15(22)12-11(13(20-19-12)16(23)25-4-2)14(21)9-6-5-8(17)7-10(9)18/h5-7H,3-4,18H2,1-2H3,(H,19,20). The number of carbonyl (C=O) groups is 3. The molecule has 0 unspecified atom stereocenters. The second-order valence-corrected chi connectivity index (χ2v) is 5.26. The summed E-state index contributed by atoms with van der Waals surface area (Å²) in [5.41, 5.74) is 5.18. The number of nitrogens with two attached hydrogens (primary N) is 1. The summed E-state index contributed by atoms with van der Waals surface area (Å²) in [5, 5.41) is 6.46. The van der Waals surface area contributed by atoms with Crippen LogP contribution < -0.4 is 5.73 Å². The number of aromatic amines is 1. The summed E-state index contributed by atoms with van der Waals surface area (Å²) >= 11 is 5.83. The van der Waals surface area contributed by atoms with Crippen molar-refractivity contribution in [2.75, 3.05) is 18.9 Å². The number of ether oxygens (including phenoxy) is 2. The number of anilines is 1. The molecule has 0 saturated carbocycles. The predicted molar refractivity (Wildman–Crippen MR) is 89.8 cm³/mol. The average molecular weight is 366 g/mol. The molecule has 0 aliphatic rings. The summed E-state index contributed by atoms with van der Waals surface area (Å²) in [6.45, 7) is 3.38. The van der Waals surface area contributed by atoms with Gasteiger partial charge < -0.3 is 15.2 Å². The Morgan fingerprint density at radius 2 is 1.80 bits per heavy atom. The van der Waals surface area contributed by atoms with Gasteiger partial charge in [-0.1, -0.05) is 11.6 Å². The highest BCUT2D eigenvalue weighted by Gasteiger charge is 2.31. The topological polar surface area (TPSA) is 124 Å². The van der Waals surface area contributed by atoms with E-state index in [9.17, 15) is 14.4 Å². The third kappa shape index (κ3) is 3.80. The lowest BCUT2D eigenvalue weighted by molar-refractivity contribution is 0.0513. The van der Waals surface area contributed by atoms with Gasteiger partial charge in [0.25, 0.3) is 0 Å². The summed E-state index contributed by atoms with van der Waals surface area (Å²) in [6, 6.07) is 4.26. The maximum Gasteiger partial charge on any atom is 0.359 e. The van der Waals surface area contributed by atoms with E-state index in [1.54, 1.807) is 13.8 Å². The highest BCUT2D eigenvalue weighted by atomic mass is 35.5. The van der Waals surface area contributed by atoms with Crippen LogP contribution in [0.2, 0.25) is 5.02 Å². The zero-order valence-corrected chi connectivity index (χ0v) is 14.3. The number of ketones is 1. The number of aromatic nitrogens is 2. The van der Waals surface area contributed by atoms with E-state index >= 15 is 0 Å². The minimum Gasteiger partial charge on any atom is -0.461 e. The van der Waals surface area contributed by atoms with Crippen LogP contribution in [0.4, 0.5) is 5.69 Å². The van der Waals surface area contributed by atoms with E-state index in [4.69, 9.17) is 26.8 Å². The molecular weight excluding hydrogens is 350 g/mol. The largest absolute Gasteiger partial charge is 0.461 e. The summed E-state index contributed by atoms with van der Waals surface area (Å²) in [5.74, 6) is -2.33. The van der Waals surface area contributed by atoms with Crippen LogP contribution in [0.25, 0.3) is 0 Å². The summed E-state index contributed by atoms with van der Waals surface area (Å²) in [6.07, 6.45) is 0. The van der Waals surface area contributed by atoms with Crippen LogP contribution in [0.5, 0.6) is 0 Å². The predicted octanol–water partition coefficient (Wildman–Crippen LogP) is 2.23. The number of nitrogens with one attached hydrogen (secondary N) is 1. The molecule has 2 aromatic rings. The molecule has 0 bridgehead atoms. The van der Waals surface area contributed by atoms with Crippen LogP contribution in [-0.2, 0) is 9.47 Å². The van der Waals surface area contributed by atoms with Crippen molar-refractivity contribution in [3.8, 4) is 0 Å². The Labute approximate surface area is 148 Å². The number of benzene rings is 1. The third-order valence-electron chi connectivity index (χ3n) is 3.20. The van der Waals surface area contributed by atoms with Gasteiger partial charge >= 0.3 is 11.9 Å². The molecule has 0 radical (unpaired) electrons. The SMILES string of the molecule is CCOC(=O)c1n[nH]c(C(=O)OCC)c1C(=O)c1ccc(Cl)cc1N. The molecule has 0 spiro atoms. The van der Waals surface area contributed by atoms with E-state index < -0.39 is 17.7 Å². The van der Waals surface area contributed by atoms with Gasteiger partial charge in [0.2, 0.25) is 0 Å². The van der Waals surface area contributed by atoms with Gasteiger partial charge in [0.05, 0.1) is 18.8 Å². The van der Waals surface area contributed by atoms with Crippen molar-refractivity contribution < 1.29 is 23.9 Å². The molecule has 9 heteroatoms. The Bertz CT molecular complexity index is 796. The van der Waals surface area contributed by atoms with Crippen LogP contribution in [0.15, 0.2) is 18.2 Å². The first-order valence-corrected chi connectivity index (χ1v) is 7.80. The zero-order valence-electron chi connectivity index (χ0n) is 13.6. The van der Waals surface area contributed by atoms with Gasteiger partial charge in [0.1, 0.15) is 0 Å². The molecule has 3 N–H and O–H groups in total. The van der Waals surface area contributed by atoms with Crippen molar-refractivity contribution >= 4 is 35.0 Å². The van der Waals surface area contributed by atoms with Crippen LogP contribution in [-0.4, -0.2) is 41.1 Å². The third-order valence-corrected chi connectivity index (χ3v) is 3.44. The quantitative estimate of drug-likeness (QED) is 0.456. The molecule has 25 heavy (non-hydrogen) atoms. The monoisotopic (exact) mass is 365 g/mol. The number of hydrogen-bond donors (Lipinski definition) is 2. The van der Waals surface area contributed by atoms with Crippen LogP contribution in [0.1, 0.15) is 50.7 Å². The molecule has 1 aromatic heterocycles. The number of nitrogens with zero attached hydrogens (tertiary/aromatic N) is 1. The minimum absolute atomic E-state index is 0.0712. The van der Waals surface area contributed by atoms with E-state index in [1.165, 1.54) is 18.2 Å². The molecule has 0 amide bonds. The zero-order chi connectivity index (χ0) is 18.6. The second kappa shape index (κ2) is 7.80. The van der Waals surface area contributed by atoms with Gasteiger partial charge in [-0.15, -0.1) is 0 Å². The minimum atomic E-state index is -0.842. The first-order chi connectivity index (χ1) is 11.9. The number of hydrogen-bond acceptors (Lipinski definition) is 7. The molecule has 0 saturated heterocycles. The molecule has 132 valence electrons. The van der Waals surface area contributed by atoms with E-state index in [1.807, 2.05) is 0 Å². The summed E-state index contributed by atoms with van der Waals surface area (Å²) in [4.78, 5) is 37.1. The first kappa shape index (κ1) is 18.5. The maximum absolute atomic E-state index is 12.9. The molecular formula is C16H16ClN3O5. The molecule has 0 atom stereocenters. The molecule has 1 aromatic carbocycles. The Morgan fingerprint density at radius 3 is 2.40 bits per heavy atom. The van der Waals surface area contributed by atoms with E-state index in [0.717, 1.165) is 0 Å². The lowest BCUT2D eigenvalue weighted by Crippen LogP contribution is -2.17. The van der Waals surface area contributed by atoms with Crippen molar-refractivity contribution in [1.29, 1.82) is 0 Å². The molecule has 0 fully saturated rings. The Kier molecular flexibility index (Phi) is 5.76. The number of nitrogen functional groups attached to an aromatic ring is 1. The van der Waals surface area contributed by atoms with Gasteiger partial charge in [-0.2, -0.15) is 5.10 Å². The molecule has 0 aliphatic heterocycles. The second-order valence-electron chi connectivity index (χ2n) is 4.82. The summed E-state index contributed by atoms with van der Waals surface area (Å²) < 4.78 is 9.77. The fourth-order valence-corrected chi connectivity index (χ4v) is 2.32. The van der Waals surface area contributed by atoms with E-state index in [2.05, 4.69) is 10.2 Å². The summed E-state index contributed by atoms with van der Waals surface area (Å²) in [7, 11) is 0. The lowest BCUT2D eigenvalue weighted by atomic mass is 9.99. The Balaban J connectivity index is 2.59. The lowest BCUT2D eigenvalue weighted by Gasteiger charge is -2.08. The van der Waals surface area contributed by atoms with Crippen molar-refractivity contribution in [3.63, 3.8) is 0 Å². The van der Waals surface area contributed by atoms with Gasteiger partial charge in [-0.3, -0.25) is 9.89 Å². The highest BCUT2D eigenvalue weighted by Crippen LogP contribution is 2.24. The molecule has 1 heterocycles. The maximum atomic E-state index is 12.9. The van der Waals surface area contributed by atoms with Crippen molar-refractivity contribution in [3.05, 3.63) is 45.7 Å². The van der Waals surface area contributed by atoms with Gasteiger partial charge in [-0.05, 0) is 32.0 Å². The van der Waals surface area contributed by atoms with Crippen molar-refractivity contribution in [1.82, 2.24) is 10.2 Å². The van der Waals surface area contributed by atoms with Gasteiger partial charge in [0, 0.05) is 16.3 Å². The van der Waals surface area contributed by atoms with Crippen LogP contribution in [0.3, 0.4) is 0 Å².